The van der Waals surface area contributed by atoms with Crippen LogP contribution in [0.4, 0.5) is 4.39 Å². The molecule has 0 aromatic heterocycles. The molecule has 1 saturated carbocycles. The van der Waals surface area contributed by atoms with Crippen molar-refractivity contribution < 1.29 is 41.8 Å². The average molecular weight is 387 g/mol. The zero-order valence-corrected chi connectivity index (χ0v) is 16.6. The first-order valence-electron chi connectivity index (χ1n) is 7.80. The topological polar surface area (TPSA) is 12.5 Å². The van der Waals surface area contributed by atoms with E-state index in [1.807, 2.05) is 30.9 Å². The van der Waals surface area contributed by atoms with Crippen LogP contribution in [0.3, 0.4) is 0 Å². The van der Waals surface area contributed by atoms with Gasteiger partial charge >= 0.3 is 0 Å². The Kier molecular flexibility index (Phi) is 6.21. The molecule has 0 atom stereocenters. The molecule has 2 aliphatic rings. The third kappa shape index (κ3) is 4.13. The Morgan fingerprint density at radius 1 is 1.39 bits per heavy atom. The molecular formula is C19H21FNOY-. The molecule has 0 N–H and O–H groups in total. The molecule has 1 fully saturated rings. The summed E-state index contributed by atoms with van der Waals surface area (Å²) in [6, 6.07) is 5.07. The van der Waals surface area contributed by atoms with Crippen LogP contribution in [0, 0.1) is 17.8 Å². The molecule has 3 rings (SSSR count). The van der Waals surface area contributed by atoms with Gasteiger partial charge in [0.25, 0.3) is 0 Å². The first kappa shape index (κ1) is 18.4. The Morgan fingerprint density at radius 2 is 2.13 bits per heavy atom. The van der Waals surface area contributed by atoms with E-state index in [9.17, 15) is 4.39 Å². The van der Waals surface area contributed by atoms with Gasteiger partial charge in [-0.3, -0.25) is 0 Å². The number of benzene rings is 1. The second-order valence-corrected chi connectivity index (χ2v) is 5.91. The molecule has 0 unspecified atom stereocenters. The van der Waals surface area contributed by atoms with Gasteiger partial charge < -0.3 is 9.64 Å². The molecule has 119 valence electrons. The average Bonchev–Trinajstić information content (AvgIpc) is 3.32. The minimum absolute atomic E-state index is 0. The first-order valence-corrected chi connectivity index (χ1v) is 7.80. The molecule has 1 radical (unpaired) electrons. The first-order chi connectivity index (χ1) is 10.6. The molecule has 1 aliphatic heterocycles. The van der Waals surface area contributed by atoms with Crippen molar-refractivity contribution in [2.24, 2.45) is 5.92 Å². The Labute approximate surface area is 163 Å². The SMILES string of the molecule is C=C1C(C)=C[C-]=C(c2ccc(OCC3CC3)cc2F)N1CC.[Y]. The molecule has 0 amide bonds. The molecular weight excluding hydrogens is 366 g/mol. The van der Waals surface area contributed by atoms with E-state index in [1.165, 1.54) is 18.9 Å². The maximum absolute atomic E-state index is 14.5. The van der Waals surface area contributed by atoms with Crippen LogP contribution in [0.1, 0.15) is 32.3 Å². The summed E-state index contributed by atoms with van der Waals surface area (Å²) in [6.45, 7) is 9.50. The Morgan fingerprint density at radius 3 is 2.74 bits per heavy atom. The second-order valence-electron chi connectivity index (χ2n) is 5.91. The zero-order valence-electron chi connectivity index (χ0n) is 13.7. The van der Waals surface area contributed by atoms with Crippen LogP contribution in [0.15, 0.2) is 42.1 Å². The van der Waals surface area contributed by atoms with Gasteiger partial charge in [0.2, 0.25) is 0 Å². The fourth-order valence-electron chi connectivity index (χ4n) is 2.53. The molecule has 0 saturated heterocycles. The number of allylic oxidation sites excluding steroid dienone is 3. The second kappa shape index (κ2) is 7.76. The molecule has 1 heterocycles. The summed E-state index contributed by atoms with van der Waals surface area (Å²) < 4.78 is 20.1. The van der Waals surface area contributed by atoms with Gasteiger partial charge in [0.05, 0.1) is 12.4 Å². The van der Waals surface area contributed by atoms with Crippen molar-refractivity contribution >= 4 is 5.70 Å². The summed E-state index contributed by atoms with van der Waals surface area (Å²) in [5.41, 5.74) is 3.20. The van der Waals surface area contributed by atoms with Gasteiger partial charge in [-0.2, -0.15) is 12.2 Å². The van der Waals surface area contributed by atoms with Crippen molar-refractivity contribution in [3.05, 3.63) is 59.6 Å². The van der Waals surface area contributed by atoms with Crippen LogP contribution >= 0.6 is 0 Å². The number of nitrogens with zero attached hydrogens (tertiary/aromatic N) is 1. The number of ether oxygens (including phenoxy) is 1. The van der Waals surface area contributed by atoms with Gasteiger partial charge in [-0.25, -0.2) is 4.39 Å². The summed E-state index contributed by atoms with van der Waals surface area (Å²) in [4.78, 5) is 1.98. The number of hydrogen-bond donors (Lipinski definition) is 0. The van der Waals surface area contributed by atoms with E-state index >= 15 is 0 Å². The van der Waals surface area contributed by atoms with Gasteiger partial charge in [-0.05, 0) is 37.4 Å². The number of rotatable bonds is 5. The largest absolute Gasteiger partial charge is 0.493 e. The van der Waals surface area contributed by atoms with Gasteiger partial charge in [0, 0.05) is 45.3 Å². The van der Waals surface area contributed by atoms with Crippen molar-refractivity contribution in [3.8, 4) is 5.75 Å². The van der Waals surface area contributed by atoms with Crippen LogP contribution in [0.5, 0.6) is 5.75 Å². The molecule has 4 heteroatoms. The maximum Gasteiger partial charge on any atom is 0.120 e. The van der Waals surface area contributed by atoms with Crippen LogP contribution < -0.4 is 4.74 Å². The van der Waals surface area contributed by atoms with Crippen LogP contribution in [0.25, 0.3) is 5.70 Å². The Bertz CT molecular complexity index is 661. The molecule has 1 aliphatic carbocycles. The smallest absolute Gasteiger partial charge is 0.120 e. The number of hydrogen-bond acceptors (Lipinski definition) is 2. The van der Waals surface area contributed by atoms with E-state index in [0.717, 1.165) is 23.5 Å². The van der Waals surface area contributed by atoms with Crippen molar-refractivity contribution in [2.45, 2.75) is 26.7 Å². The quantitative estimate of drug-likeness (QED) is 0.688. The Balaban J connectivity index is 0.00000192. The van der Waals surface area contributed by atoms with Crippen molar-refractivity contribution in [1.29, 1.82) is 0 Å². The van der Waals surface area contributed by atoms with Gasteiger partial charge in [-0.1, -0.05) is 24.8 Å². The van der Waals surface area contributed by atoms with Crippen LogP contribution in [0.2, 0.25) is 0 Å². The van der Waals surface area contributed by atoms with E-state index in [-0.39, 0.29) is 38.5 Å². The monoisotopic (exact) mass is 387 g/mol. The van der Waals surface area contributed by atoms with Crippen molar-refractivity contribution in [1.82, 2.24) is 4.90 Å². The van der Waals surface area contributed by atoms with Gasteiger partial charge in [0.1, 0.15) is 5.75 Å². The standard InChI is InChI=1S/C19H21FNO.Y/c1-4-21-14(3)13(2)5-10-19(21)17-9-8-16(11-18(17)20)22-12-15-6-7-15;/h5,8-9,11,15H,3-4,6-7,12H2,1-2H3;/q-1;. The predicted molar refractivity (Wildman–Crippen MR) is 86.5 cm³/mol. The third-order valence-corrected chi connectivity index (χ3v) is 4.17. The van der Waals surface area contributed by atoms with Gasteiger partial charge in [-0.15, -0.1) is 11.6 Å². The summed E-state index contributed by atoms with van der Waals surface area (Å²) in [7, 11) is 0. The van der Waals surface area contributed by atoms with E-state index in [0.29, 0.717) is 23.8 Å². The molecule has 0 spiro atoms. The van der Waals surface area contributed by atoms with E-state index < -0.39 is 0 Å². The van der Waals surface area contributed by atoms with Crippen molar-refractivity contribution in [2.75, 3.05) is 13.2 Å². The van der Waals surface area contributed by atoms with Crippen LogP contribution in [-0.4, -0.2) is 18.1 Å². The molecule has 23 heavy (non-hydrogen) atoms. The number of halogens is 1. The van der Waals surface area contributed by atoms with Crippen molar-refractivity contribution in [3.63, 3.8) is 0 Å². The molecule has 1 aromatic carbocycles. The fraction of sp³-hybridized carbons (Fsp3) is 0.368. The van der Waals surface area contributed by atoms with E-state index in [4.69, 9.17) is 4.74 Å². The normalized spacial score (nSPS) is 17.3. The fourth-order valence-corrected chi connectivity index (χ4v) is 2.53. The minimum atomic E-state index is -0.282. The summed E-state index contributed by atoms with van der Waals surface area (Å²) in [5, 5.41) is 0. The summed E-state index contributed by atoms with van der Waals surface area (Å²) in [5.74, 6) is 0.970. The Hall–Kier alpha value is -0.926. The van der Waals surface area contributed by atoms with Crippen LogP contribution in [-0.2, 0) is 32.7 Å². The molecule has 2 nitrogen and oxygen atoms in total. The summed E-state index contributed by atoms with van der Waals surface area (Å²) >= 11 is 0. The molecule has 0 bridgehead atoms. The number of likely N-dealkylation sites (N-methyl/N-ethyl adjacent to an activating group) is 1. The van der Waals surface area contributed by atoms with E-state index in [1.54, 1.807) is 6.07 Å². The van der Waals surface area contributed by atoms with Gasteiger partial charge in [0.15, 0.2) is 0 Å². The minimum Gasteiger partial charge on any atom is -0.493 e. The molecule has 1 aromatic rings. The van der Waals surface area contributed by atoms with E-state index in [2.05, 4.69) is 12.7 Å². The summed E-state index contributed by atoms with van der Waals surface area (Å²) in [6.07, 6.45) is 7.49. The zero-order chi connectivity index (χ0) is 15.7. The maximum atomic E-state index is 14.5. The third-order valence-electron chi connectivity index (χ3n) is 4.17. The predicted octanol–water partition coefficient (Wildman–Crippen LogP) is 4.55.